The maximum absolute atomic E-state index is 12.7. The van der Waals surface area contributed by atoms with Crippen molar-refractivity contribution in [3.63, 3.8) is 0 Å². The molecule has 0 aliphatic carbocycles. The Morgan fingerprint density at radius 2 is 1.95 bits per heavy atom. The summed E-state index contributed by atoms with van der Waals surface area (Å²) in [5, 5.41) is 0.952. The van der Waals surface area contributed by atoms with Crippen LogP contribution in [0.4, 0.5) is 0 Å². The largest absolute Gasteiger partial charge is 0.349 e. The van der Waals surface area contributed by atoms with E-state index in [4.69, 9.17) is 0 Å². The van der Waals surface area contributed by atoms with E-state index in [1.807, 2.05) is 48.5 Å². The van der Waals surface area contributed by atoms with Gasteiger partial charge in [0.1, 0.15) is 11.0 Å². The second-order valence-electron chi connectivity index (χ2n) is 5.20. The molecular formula is C17H12BrN3O. The average molecular weight is 354 g/mol. The summed E-state index contributed by atoms with van der Waals surface area (Å²) < 4.78 is 2.60. The number of aromatic nitrogens is 3. The van der Waals surface area contributed by atoms with Crippen molar-refractivity contribution in [3.05, 3.63) is 75.2 Å². The molecule has 0 spiro atoms. The van der Waals surface area contributed by atoms with E-state index in [1.165, 1.54) is 0 Å². The van der Waals surface area contributed by atoms with Crippen molar-refractivity contribution in [1.29, 1.82) is 0 Å². The number of halogens is 1. The molecule has 1 N–H and O–H groups in total. The van der Waals surface area contributed by atoms with Crippen LogP contribution in [0.15, 0.2) is 64.1 Å². The predicted octanol–water partition coefficient (Wildman–Crippen LogP) is 3.69. The van der Waals surface area contributed by atoms with Crippen LogP contribution in [0, 0.1) is 0 Å². The molecule has 0 fully saturated rings. The number of aromatic amines is 1. The van der Waals surface area contributed by atoms with Gasteiger partial charge in [-0.1, -0.05) is 46.3 Å². The number of nitrogens with one attached hydrogen (secondary N) is 1. The zero-order chi connectivity index (χ0) is 15.1. The van der Waals surface area contributed by atoms with Gasteiger partial charge in [-0.3, -0.25) is 9.36 Å². The smallest absolute Gasteiger partial charge is 0.277 e. The van der Waals surface area contributed by atoms with Gasteiger partial charge in [0, 0.05) is 15.4 Å². The molecule has 4 rings (SSSR count). The minimum atomic E-state index is -0.0545. The van der Waals surface area contributed by atoms with E-state index in [2.05, 4.69) is 25.9 Å². The number of nitrogens with zero attached hydrogens (tertiary/aromatic N) is 2. The van der Waals surface area contributed by atoms with Crippen LogP contribution in [0.1, 0.15) is 5.56 Å². The predicted molar refractivity (Wildman–Crippen MR) is 91.1 cm³/mol. The van der Waals surface area contributed by atoms with Crippen molar-refractivity contribution in [3.8, 4) is 0 Å². The Labute approximate surface area is 134 Å². The lowest BCUT2D eigenvalue weighted by Crippen LogP contribution is -2.21. The third-order valence-corrected chi connectivity index (χ3v) is 4.22. The van der Waals surface area contributed by atoms with Gasteiger partial charge in [0.15, 0.2) is 0 Å². The summed E-state index contributed by atoms with van der Waals surface area (Å²) in [6.07, 6.45) is 1.62. The lowest BCUT2D eigenvalue weighted by molar-refractivity contribution is 0.747. The summed E-state index contributed by atoms with van der Waals surface area (Å²) in [4.78, 5) is 20.3. The standard InChI is InChI=1S/C17H12BrN3O/c18-12-6-7-14-13(8-12)15-16(20-14)17(22)21(10-19-15)9-11-4-2-1-3-5-11/h1-8,10,20H,9H2. The van der Waals surface area contributed by atoms with Crippen molar-refractivity contribution in [1.82, 2.24) is 14.5 Å². The minimum Gasteiger partial charge on any atom is -0.349 e. The molecule has 108 valence electrons. The Morgan fingerprint density at radius 1 is 1.14 bits per heavy atom. The second-order valence-corrected chi connectivity index (χ2v) is 6.12. The summed E-state index contributed by atoms with van der Waals surface area (Å²) >= 11 is 3.46. The van der Waals surface area contributed by atoms with Gasteiger partial charge in [-0.15, -0.1) is 0 Å². The van der Waals surface area contributed by atoms with Crippen molar-refractivity contribution in [2.45, 2.75) is 6.54 Å². The fourth-order valence-electron chi connectivity index (χ4n) is 2.65. The van der Waals surface area contributed by atoms with E-state index in [9.17, 15) is 4.79 Å². The number of benzene rings is 2. The quantitative estimate of drug-likeness (QED) is 0.597. The Morgan fingerprint density at radius 3 is 2.77 bits per heavy atom. The Hall–Kier alpha value is -2.40. The highest BCUT2D eigenvalue weighted by atomic mass is 79.9. The number of rotatable bonds is 2. The van der Waals surface area contributed by atoms with E-state index in [0.29, 0.717) is 17.6 Å². The van der Waals surface area contributed by atoms with E-state index in [-0.39, 0.29) is 5.56 Å². The van der Waals surface area contributed by atoms with E-state index in [1.54, 1.807) is 10.9 Å². The first-order chi connectivity index (χ1) is 10.7. The molecule has 22 heavy (non-hydrogen) atoms. The summed E-state index contributed by atoms with van der Waals surface area (Å²) in [6.45, 7) is 0.516. The van der Waals surface area contributed by atoms with Gasteiger partial charge in [-0.25, -0.2) is 4.98 Å². The molecule has 0 bridgehead atoms. The molecule has 0 saturated heterocycles. The highest BCUT2D eigenvalue weighted by Crippen LogP contribution is 2.24. The topological polar surface area (TPSA) is 50.7 Å². The average Bonchev–Trinajstić information content (AvgIpc) is 2.90. The monoisotopic (exact) mass is 353 g/mol. The molecule has 2 aromatic carbocycles. The second kappa shape index (κ2) is 5.10. The normalized spacial score (nSPS) is 11.3. The molecule has 5 heteroatoms. The van der Waals surface area contributed by atoms with Gasteiger partial charge >= 0.3 is 0 Å². The fraction of sp³-hybridized carbons (Fsp3) is 0.0588. The first-order valence-electron chi connectivity index (χ1n) is 6.93. The van der Waals surface area contributed by atoms with Crippen LogP contribution in [0.5, 0.6) is 0 Å². The van der Waals surface area contributed by atoms with E-state index >= 15 is 0 Å². The van der Waals surface area contributed by atoms with Crippen molar-refractivity contribution < 1.29 is 0 Å². The molecule has 0 unspecified atom stereocenters. The van der Waals surface area contributed by atoms with Gasteiger partial charge in [-0.05, 0) is 23.8 Å². The van der Waals surface area contributed by atoms with Gasteiger partial charge in [0.25, 0.3) is 5.56 Å². The highest BCUT2D eigenvalue weighted by Gasteiger charge is 2.11. The SMILES string of the molecule is O=c1c2[nH]c3ccc(Br)cc3c2ncn1Cc1ccccc1. The molecule has 0 amide bonds. The summed E-state index contributed by atoms with van der Waals surface area (Å²) in [7, 11) is 0. The minimum absolute atomic E-state index is 0.0545. The van der Waals surface area contributed by atoms with Crippen LogP contribution in [0.2, 0.25) is 0 Å². The first kappa shape index (κ1) is 13.3. The zero-order valence-electron chi connectivity index (χ0n) is 11.6. The first-order valence-corrected chi connectivity index (χ1v) is 7.72. The number of fused-ring (bicyclic) bond motifs is 3. The van der Waals surface area contributed by atoms with Crippen LogP contribution in [0.25, 0.3) is 21.9 Å². The maximum atomic E-state index is 12.7. The molecule has 2 aromatic heterocycles. The third-order valence-electron chi connectivity index (χ3n) is 3.73. The van der Waals surface area contributed by atoms with Gasteiger partial charge in [0.05, 0.1) is 12.9 Å². The van der Waals surface area contributed by atoms with E-state index in [0.717, 1.165) is 20.9 Å². The fourth-order valence-corrected chi connectivity index (χ4v) is 3.02. The van der Waals surface area contributed by atoms with Gasteiger partial charge < -0.3 is 4.98 Å². The molecule has 0 aliphatic rings. The van der Waals surface area contributed by atoms with E-state index < -0.39 is 0 Å². The van der Waals surface area contributed by atoms with Gasteiger partial charge in [0.2, 0.25) is 0 Å². The van der Waals surface area contributed by atoms with Crippen molar-refractivity contribution in [2.24, 2.45) is 0 Å². The Balaban J connectivity index is 1.90. The zero-order valence-corrected chi connectivity index (χ0v) is 13.2. The molecule has 0 radical (unpaired) electrons. The number of hydrogen-bond donors (Lipinski definition) is 1. The van der Waals surface area contributed by atoms with Crippen molar-refractivity contribution >= 4 is 37.9 Å². The summed E-state index contributed by atoms with van der Waals surface area (Å²) in [5.41, 5.74) is 3.20. The molecule has 4 aromatic rings. The molecule has 0 atom stereocenters. The number of H-pyrrole nitrogens is 1. The van der Waals surface area contributed by atoms with Gasteiger partial charge in [-0.2, -0.15) is 0 Å². The Kier molecular flexibility index (Phi) is 3.08. The molecule has 0 aliphatic heterocycles. The number of hydrogen-bond acceptors (Lipinski definition) is 2. The maximum Gasteiger partial charge on any atom is 0.277 e. The third kappa shape index (κ3) is 2.14. The van der Waals surface area contributed by atoms with Crippen LogP contribution in [0.3, 0.4) is 0 Å². The van der Waals surface area contributed by atoms with Crippen LogP contribution >= 0.6 is 15.9 Å². The summed E-state index contributed by atoms with van der Waals surface area (Å²) in [5.74, 6) is 0. The molecule has 2 heterocycles. The van der Waals surface area contributed by atoms with Crippen LogP contribution in [-0.4, -0.2) is 14.5 Å². The summed E-state index contributed by atoms with van der Waals surface area (Å²) in [6, 6.07) is 15.8. The Bertz CT molecular complexity index is 1030. The van der Waals surface area contributed by atoms with Crippen molar-refractivity contribution in [2.75, 3.05) is 0 Å². The molecule has 4 nitrogen and oxygen atoms in total. The molecular weight excluding hydrogens is 342 g/mol. The lowest BCUT2D eigenvalue weighted by Gasteiger charge is -2.05. The van der Waals surface area contributed by atoms with Crippen LogP contribution in [-0.2, 0) is 6.54 Å². The lowest BCUT2D eigenvalue weighted by atomic mass is 10.2. The van der Waals surface area contributed by atoms with Crippen LogP contribution < -0.4 is 5.56 Å². The molecule has 0 saturated carbocycles. The highest BCUT2D eigenvalue weighted by molar-refractivity contribution is 9.10.